The largest absolute Gasteiger partial charge is 0.351 e. The van der Waals surface area contributed by atoms with E-state index in [2.05, 4.69) is 5.16 Å². The lowest BCUT2D eigenvalue weighted by Crippen LogP contribution is -2.45. The minimum absolute atomic E-state index is 0. The summed E-state index contributed by atoms with van der Waals surface area (Å²) in [5, 5.41) is 3.70. The molecule has 0 aliphatic carbocycles. The molecule has 1 aliphatic heterocycles. The van der Waals surface area contributed by atoms with E-state index in [0.717, 1.165) is 25.1 Å². The van der Waals surface area contributed by atoms with E-state index in [-0.39, 0.29) is 24.4 Å². The van der Waals surface area contributed by atoms with E-state index in [1.54, 1.807) is 17.9 Å². The van der Waals surface area contributed by atoms with Crippen molar-refractivity contribution in [2.45, 2.75) is 25.8 Å². The van der Waals surface area contributed by atoms with Gasteiger partial charge in [-0.05, 0) is 19.8 Å². The number of rotatable bonds is 1. The van der Waals surface area contributed by atoms with Gasteiger partial charge in [0.25, 0.3) is 5.91 Å². The van der Waals surface area contributed by atoms with Crippen LogP contribution in [0.1, 0.15) is 29.1 Å². The average molecular weight is 246 g/mol. The van der Waals surface area contributed by atoms with E-state index in [9.17, 15) is 4.79 Å². The lowest BCUT2D eigenvalue weighted by atomic mass is 10.1. The number of hydrogen-bond acceptors (Lipinski definition) is 4. The number of amides is 1. The maximum Gasteiger partial charge on any atom is 0.292 e. The Morgan fingerprint density at radius 1 is 1.69 bits per heavy atom. The number of hydrogen-bond donors (Lipinski definition) is 1. The Balaban J connectivity index is 0.00000128. The van der Waals surface area contributed by atoms with Crippen molar-refractivity contribution in [3.63, 3.8) is 0 Å². The highest BCUT2D eigenvalue weighted by atomic mass is 35.5. The van der Waals surface area contributed by atoms with Crippen LogP contribution in [0.3, 0.4) is 0 Å². The second-order valence-electron chi connectivity index (χ2n) is 3.99. The lowest BCUT2D eigenvalue weighted by molar-refractivity contribution is 0.0667. The molecule has 5 nitrogen and oxygen atoms in total. The van der Waals surface area contributed by atoms with Crippen LogP contribution in [0.4, 0.5) is 0 Å². The molecule has 2 N–H and O–H groups in total. The molecule has 0 bridgehead atoms. The predicted molar refractivity (Wildman–Crippen MR) is 61.6 cm³/mol. The van der Waals surface area contributed by atoms with E-state index in [4.69, 9.17) is 10.3 Å². The summed E-state index contributed by atoms with van der Waals surface area (Å²) in [5.41, 5.74) is 6.53. The van der Waals surface area contributed by atoms with Gasteiger partial charge in [0, 0.05) is 25.2 Å². The van der Waals surface area contributed by atoms with E-state index in [1.165, 1.54) is 0 Å². The molecule has 1 atom stereocenters. The summed E-state index contributed by atoms with van der Waals surface area (Å²) in [6.07, 6.45) is 1.94. The van der Waals surface area contributed by atoms with Gasteiger partial charge in [-0.15, -0.1) is 12.4 Å². The Labute approximate surface area is 100 Å². The molecular formula is C10H16ClN3O2. The van der Waals surface area contributed by atoms with E-state index in [1.807, 2.05) is 0 Å². The maximum absolute atomic E-state index is 11.9. The normalized spacial score (nSPS) is 20.4. The van der Waals surface area contributed by atoms with Crippen molar-refractivity contribution in [2.75, 3.05) is 13.1 Å². The number of aryl methyl sites for hydroxylation is 1. The van der Waals surface area contributed by atoms with Crippen LogP contribution in [0.2, 0.25) is 0 Å². The third kappa shape index (κ3) is 2.74. The van der Waals surface area contributed by atoms with Crippen LogP contribution in [0, 0.1) is 6.92 Å². The molecule has 1 fully saturated rings. The summed E-state index contributed by atoms with van der Waals surface area (Å²) in [6, 6.07) is 1.74. The molecule has 16 heavy (non-hydrogen) atoms. The third-order valence-electron chi connectivity index (χ3n) is 2.58. The number of likely N-dealkylation sites (tertiary alicyclic amines) is 1. The van der Waals surface area contributed by atoms with Crippen LogP contribution in [0.15, 0.2) is 10.6 Å². The number of carbonyl (C=O) groups is 1. The van der Waals surface area contributed by atoms with Crippen LogP contribution < -0.4 is 5.73 Å². The first kappa shape index (κ1) is 13.0. The minimum Gasteiger partial charge on any atom is -0.351 e. The van der Waals surface area contributed by atoms with Crippen molar-refractivity contribution in [3.05, 3.63) is 17.5 Å². The van der Waals surface area contributed by atoms with Crippen LogP contribution in [-0.4, -0.2) is 35.1 Å². The Morgan fingerprint density at radius 2 is 2.44 bits per heavy atom. The van der Waals surface area contributed by atoms with Gasteiger partial charge >= 0.3 is 0 Å². The predicted octanol–water partition coefficient (Wildman–Crippen LogP) is 0.968. The number of carbonyl (C=O) groups excluding carboxylic acids is 1. The van der Waals surface area contributed by atoms with Gasteiger partial charge in [-0.25, -0.2) is 0 Å². The number of nitrogens with zero attached hydrogens (tertiary/aromatic N) is 2. The zero-order chi connectivity index (χ0) is 10.8. The fraction of sp³-hybridized carbons (Fsp3) is 0.600. The van der Waals surface area contributed by atoms with Gasteiger partial charge in [-0.3, -0.25) is 4.79 Å². The van der Waals surface area contributed by atoms with E-state index >= 15 is 0 Å². The van der Waals surface area contributed by atoms with Crippen molar-refractivity contribution in [1.82, 2.24) is 10.1 Å². The van der Waals surface area contributed by atoms with E-state index in [0.29, 0.717) is 12.3 Å². The quantitative estimate of drug-likeness (QED) is 0.800. The van der Waals surface area contributed by atoms with Crippen molar-refractivity contribution in [1.29, 1.82) is 0 Å². The molecule has 2 heterocycles. The lowest BCUT2D eigenvalue weighted by Gasteiger charge is -2.29. The molecule has 1 saturated heterocycles. The average Bonchev–Trinajstić information content (AvgIpc) is 2.64. The molecule has 0 spiro atoms. The Hall–Kier alpha value is -1.07. The van der Waals surface area contributed by atoms with Gasteiger partial charge in [0.2, 0.25) is 5.76 Å². The molecule has 0 unspecified atom stereocenters. The highest BCUT2D eigenvalue weighted by molar-refractivity contribution is 5.91. The molecular weight excluding hydrogens is 230 g/mol. The highest BCUT2D eigenvalue weighted by Gasteiger charge is 2.24. The van der Waals surface area contributed by atoms with Crippen LogP contribution in [0.25, 0.3) is 0 Å². The maximum atomic E-state index is 11.9. The molecule has 90 valence electrons. The fourth-order valence-corrected chi connectivity index (χ4v) is 1.81. The van der Waals surface area contributed by atoms with Gasteiger partial charge < -0.3 is 15.2 Å². The molecule has 0 radical (unpaired) electrons. The highest BCUT2D eigenvalue weighted by Crippen LogP contribution is 2.13. The van der Waals surface area contributed by atoms with Crippen LogP contribution in [0.5, 0.6) is 0 Å². The van der Waals surface area contributed by atoms with Crippen molar-refractivity contribution in [3.8, 4) is 0 Å². The first-order chi connectivity index (χ1) is 7.16. The molecule has 1 aliphatic rings. The molecule has 1 aromatic rings. The standard InChI is InChI=1S/C10H15N3O2.ClH/c1-7-5-9(15-12-7)10(14)13-4-2-3-8(11)6-13;/h5,8H,2-4,6,11H2,1H3;1H/t8-;/m1./s1. The second-order valence-corrected chi connectivity index (χ2v) is 3.99. The monoisotopic (exact) mass is 245 g/mol. The summed E-state index contributed by atoms with van der Waals surface area (Å²) in [7, 11) is 0. The molecule has 6 heteroatoms. The zero-order valence-electron chi connectivity index (χ0n) is 9.18. The summed E-state index contributed by atoms with van der Waals surface area (Å²) < 4.78 is 4.93. The fourth-order valence-electron chi connectivity index (χ4n) is 1.81. The summed E-state index contributed by atoms with van der Waals surface area (Å²) in [5.74, 6) is 0.201. The first-order valence-corrected chi connectivity index (χ1v) is 5.15. The summed E-state index contributed by atoms with van der Waals surface area (Å²) in [6.45, 7) is 3.16. The molecule has 1 amide bonds. The zero-order valence-corrected chi connectivity index (χ0v) is 10.00. The minimum atomic E-state index is -0.106. The number of halogens is 1. The SMILES string of the molecule is Cc1cc(C(=O)N2CCC[C@@H](N)C2)on1.Cl. The number of aromatic nitrogens is 1. The third-order valence-corrected chi connectivity index (χ3v) is 2.58. The molecule has 0 saturated carbocycles. The van der Waals surface area contributed by atoms with Crippen molar-refractivity contribution in [2.24, 2.45) is 5.73 Å². The van der Waals surface area contributed by atoms with Crippen molar-refractivity contribution < 1.29 is 9.32 Å². The Bertz CT molecular complexity index is 367. The van der Waals surface area contributed by atoms with Gasteiger partial charge in [-0.1, -0.05) is 5.16 Å². The van der Waals surface area contributed by atoms with Gasteiger partial charge in [0.15, 0.2) is 0 Å². The number of piperidine rings is 1. The van der Waals surface area contributed by atoms with Crippen LogP contribution >= 0.6 is 12.4 Å². The van der Waals surface area contributed by atoms with Gasteiger partial charge in [0.05, 0.1) is 5.69 Å². The Morgan fingerprint density at radius 3 is 3.00 bits per heavy atom. The smallest absolute Gasteiger partial charge is 0.292 e. The molecule has 2 rings (SSSR count). The number of nitrogens with two attached hydrogens (primary N) is 1. The Kier molecular flexibility index (Phi) is 4.32. The van der Waals surface area contributed by atoms with Crippen molar-refractivity contribution >= 4 is 18.3 Å². The summed E-state index contributed by atoms with van der Waals surface area (Å²) in [4.78, 5) is 13.6. The second kappa shape index (κ2) is 5.32. The summed E-state index contributed by atoms with van der Waals surface area (Å²) >= 11 is 0. The topological polar surface area (TPSA) is 72.4 Å². The van der Waals surface area contributed by atoms with Gasteiger partial charge in [-0.2, -0.15) is 0 Å². The first-order valence-electron chi connectivity index (χ1n) is 5.15. The molecule has 0 aromatic carbocycles. The molecule has 1 aromatic heterocycles. The van der Waals surface area contributed by atoms with E-state index < -0.39 is 0 Å². The van der Waals surface area contributed by atoms with Crippen LogP contribution in [-0.2, 0) is 0 Å². The van der Waals surface area contributed by atoms with Gasteiger partial charge in [0.1, 0.15) is 0 Å².